The number of aliphatic carboxylic acids is 1. The Morgan fingerprint density at radius 3 is 2.84 bits per heavy atom. The fraction of sp³-hybridized carbons (Fsp3) is 0.714. The molecule has 106 valence electrons. The van der Waals surface area contributed by atoms with Crippen molar-refractivity contribution in [1.82, 2.24) is 9.55 Å². The van der Waals surface area contributed by atoms with Crippen LogP contribution in [0.1, 0.15) is 37.5 Å². The number of imidazole rings is 1. The van der Waals surface area contributed by atoms with Crippen molar-refractivity contribution in [3.63, 3.8) is 0 Å². The molecule has 5 heteroatoms. The van der Waals surface area contributed by atoms with E-state index >= 15 is 0 Å². The highest BCUT2D eigenvalue weighted by Crippen LogP contribution is 2.27. The number of ether oxygens (including phenoxy) is 1. The highest BCUT2D eigenvalue weighted by Gasteiger charge is 2.29. The van der Waals surface area contributed by atoms with Crippen molar-refractivity contribution < 1.29 is 14.6 Å². The van der Waals surface area contributed by atoms with Gasteiger partial charge in [0.15, 0.2) is 0 Å². The number of fused-ring (bicyclic) bond motifs is 1. The molecule has 5 nitrogen and oxygen atoms in total. The lowest BCUT2D eigenvalue weighted by Crippen LogP contribution is -2.27. The van der Waals surface area contributed by atoms with Crippen LogP contribution in [-0.2, 0) is 35.8 Å². The quantitative estimate of drug-likeness (QED) is 0.898. The van der Waals surface area contributed by atoms with Gasteiger partial charge in [0.2, 0.25) is 0 Å². The van der Waals surface area contributed by atoms with Crippen LogP contribution in [0.4, 0.5) is 0 Å². The molecule has 0 radical (unpaired) electrons. The van der Waals surface area contributed by atoms with Crippen LogP contribution in [0, 0.1) is 5.92 Å². The summed E-state index contributed by atoms with van der Waals surface area (Å²) in [7, 11) is 3.71. The number of hydrogen-bond acceptors (Lipinski definition) is 3. The lowest BCUT2D eigenvalue weighted by Gasteiger charge is -2.22. The van der Waals surface area contributed by atoms with Gasteiger partial charge in [0, 0.05) is 32.7 Å². The minimum atomic E-state index is -0.713. The first-order valence-electron chi connectivity index (χ1n) is 6.65. The second kappa shape index (κ2) is 4.96. The summed E-state index contributed by atoms with van der Waals surface area (Å²) in [6.07, 6.45) is 2.77. The smallest absolute Gasteiger partial charge is 0.306 e. The molecule has 1 aromatic rings. The highest BCUT2D eigenvalue weighted by molar-refractivity contribution is 5.70. The molecule has 0 bridgehead atoms. The van der Waals surface area contributed by atoms with E-state index in [2.05, 4.69) is 9.55 Å². The summed E-state index contributed by atoms with van der Waals surface area (Å²) in [6, 6.07) is 0. The fourth-order valence-electron chi connectivity index (χ4n) is 2.59. The van der Waals surface area contributed by atoms with Crippen molar-refractivity contribution in [2.24, 2.45) is 13.0 Å². The number of nitrogens with zero attached hydrogens (tertiary/aromatic N) is 2. The van der Waals surface area contributed by atoms with E-state index in [4.69, 9.17) is 9.84 Å². The average Bonchev–Trinajstić information content (AvgIpc) is 2.65. The Kier molecular flexibility index (Phi) is 3.67. The Labute approximate surface area is 113 Å². The van der Waals surface area contributed by atoms with Gasteiger partial charge in [-0.15, -0.1) is 0 Å². The third-order valence-corrected chi connectivity index (χ3v) is 4.04. The van der Waals surface area contributed by atoms with Crippen LogP contribution in [0.15, 0.2) is 0 Å². The summed E-state index contributed by atoms with van der Waals surface area (Å²) < 4.78 is 7.55. The van der Waals surface area contributed by atoms with Gasteiger partial charge in [0.1, 0.15) is 5.82 Å². The van der Waals surface area contributed by atoms with E-state index in [0.29, 0.717) is 12.8 Å². The summed E-state index contributed by atoms with van der Waals surface area (Å²) in [5.41, 5.74) is 1.87. The van der Waals surface area contributed by atoms with Crippen molar-refractivity contribution in [1.29, 1.82) is 0 Å². The van der Waals surface area contributed by atoms with Crippen LogP contribution < -0.4 is 0 Å². The van der Waals surface area contributed by atoms with Crippen LogP contribution in [-0.4, -0.2) is 33.3 Å². The molecule has 19 heavy (non-hydrogen) atoms. The molecule has 1 heterocycles. The van der Waals surface area contributed by atoms with E-state index < -0.39 is 5.97 Å². The third-order valence-electron chi connectivity index (χ3n) is 4.04. The zero-order valence-electron chi connectivity index (χ0n) is 12.1. The topological polar surface area (TPSA) is 64.4 Å². The lowest BCUT2D eigenvalue weighted by atomic mass is 9.90. The van der Waals surface area contributed by atoms with Gasteiger partial charge in [0.05, 0.1) is 17.2 Å². The summed E-state index contributed by atoms with van der Waals surface area (Å²) in [4.78, 5) is 15.7. The van der Waals surface area contributed by atoms with E-state index in [1.807, 2.05) is 20.9 Å². The maximum atomic E-state index is 11.1. The van der Waals surface area contributed by atoms with Gasteiger partial charge >= 0.3 is 5.97 Å². The second-order valence-electron chi connectivity index (χ2n) is 5.90. The van der Waals surface area contributed by atoms with Gasteiger partial charge < -0.3 is 14.4 Å². The van der Waals surface area contributed by atoms with Crippen molar-refractivity contribution in [3.05, 3.63) is 17.2 Å². The summed E-state index contributed by atoms with van der Waals surface area (Å²) >= 11 is 0. The largest absolute Gasteiger partial charge is 0.481 e. The van der Waals surface area contributed by atoms with Gasteiger partial charge in [0.25, 0.3) is 0 Å². The van der Waals surface area contributed by atoms with Gasteiger partial charge in [-0.25, -0.2) is 4.98 Å². The first-order chi connectivity index (χ1) is 8.84. The summed E-state index contributed by atoms with van der Waals surface area (Å²) in [5.74, 6) is -0.0244. The minimum Gasteiger partial charge on any atom is -0.481 e. The number of methoxy groups -OCH3 is 1. The first-order valence-corrected chi connectivity index (χ1v) is 6.65. The summed E-state index contributed by atoms with van der Waals surface area (Å²) in [5, 5.41) is 9.11. The number of carboxylic acid groups (broad SMARTS) is 1. The molecule has 1 aliphatic rings. The molecule has 0 amide bonds. The van der Waals surface area contributed by atoms with Crippen LogP contribution in [0.2, 0.25) is 0 Å². The van der Waals surface area contributed by atoms with Gasteiger partial charge in [-0.3, -0.25) is 4.79 Å². The van der Waals surface area contributed by atoms with E-state index in [9.17, 15) is 4.79 Å². The molecule has 0 saturated heterocycles. The third kappa shape index (κ3) is 2.81. The van der Waals surface area contributed by atoms with E-state index in [0.717, 1.165) is 24.4 Å². The van der Waals surface area contributed by atoms with Crippen LogP contribution in [0.3, 0.4) is 0 Å². The van der Waals surface area contributed by atoms with Crippen LogP contribution in [0.25, 0.3) is 0 Å². The zero-order chi connectivity index (χ0) is 14.2. The monoisotopic (exact) mass is 266 g/mol. The maximum absolute atomic E-state index is 11.1. The molecule has 1 unspecified atom stereocenters. The lowest BCUT2D eigenvalue weighted by molar-refractivity contribution is -0.142. The highest BCUT2D eigenvalue weighted by atomic mass is 16.5. The predicted molar refractivity (Wildman–Crippen MR) is 71.2 cm³/mol. The van der Waals surface area contributed by atoms with Gasteiger partial charge in [-0.2, -0.15) is 0 Å². The molecule has 0 aliphatic heterocycles. The zero-order valence-corrected chi connectivity index (χ0v) is 12.1. The number of aromatic nitrogens is 2. The van der Waals surface area contributed by atoms with Crippen molar-refractivity contribution in [3.8, 4) is 0 Å². The summed E-state index contributed by atoms with van der Waals surface area (Å²) in [6.45, 7) is 4.06. The van der Waals surface area contributed by atoms with Crippen molar-refractivity contribution in [2.45, 2.75) is 45.1 Å². The Morgan fingerprint density at radius 2 is 2.26 bits per heavy atom. The van der Waals surface area contributed by atoms with E-state index in [1.54, 1.807) is 7.11 Å². The minimum absolute atomic E-state index is 0.256. The molecular weight excluding hydrogens is 244 g/mol. The SMILES string of the molecule is COC(C)(C)Cc1nc2c(n1C)CCC(C(=O)O)C2. The van der Waals surface area contributed by atoms with Gasteiger partial charge in [-0.1, -0.05) is 0 Å². The van der Waals surface area contributed by atoms with E-state index in [1.165, 1.54) is 5.69 Å². The second-order valence-corrected chi connectivity index (χ2v) is 5.90. The predicted octanol–water partition coefficient (Wildman–Crippen LogP) is 1.58. The molecule has 1 aromatic heterocycles. The van der Waals surface area contributed by atoms with Crippen LogP contribution >= 0.6 is 0 Å². The van der Waals surface area contributed by atoms with Crippen LogP contribution in [0.5, 0.6) is 0 Å². The van der Waals surface area contributed by atoms with Gasteiger partial charge in [-0.05, 0) is 26.7 Å². The Morgan fingerprint density at radius 1 is 1.58 bits per heavy atom. The molecule has 0 spiro atoms. The molecule has 0 saturated carbocycles. The number of rotatable bonds is 4. The standard InChI is InChI=1S/C14H22N2O3/c1-14(2,19-4)8-12-15-10-7-9(13(17)18)5-6-11(10)16(12)3/h9H,5-8H2,1-4H3,(H,17,18). The van der Waals surface area contributed by atoms with Crippen molar-refractivity contribution in [2.75, 3.05) is 7.11 Å². The molecule has 2 rings (SSSR count). The fourth-order valence-corrected chi connectivity index (χ4v) is 2.59. The normalized spacial score (nSPS) is 19.3. The Hall–Kier alpha value is -1.36. The Balaban J connectivity index is 2.24. The van der Waals surface area contributed by atoms with E-state index in [-0.39, 0.29) is 11.5 Å². The molecule has 1 N–H and O–H groups in total. The van der Waals surface area contributed by atoms with Crippen molar-refractivity contribution >= 4 is 5.97 Å². The molecular formula is C14H22N2O3. The first kappa shape index (κ1) is 14.1. The molecule has 1 atom stereocenters. The molecule has 0 aromatic carbocycles. The average molecular weight is 266 g/mol. The number of carboxylic acids is 1. The molecule has 1 aliphatic carbocycles. The Bertz CT molecular complexity index is 491. The molecule has 0 fully saturated rings. The number of hydrogen-bond donors (Lipinski definition) is 1. The maximum Gasteiger partial charge on any atom is 0.306 e. The number of carbonyl (C=O) groups is 1.